The molecular formula is C12H18N2OS. The van der Waals surface area contributed by atoms with Crippen LogP contribution in [0.4, 0.5) is 0 Å². The second kappa shape index (κ2) is 5.46. The summed E-state index contributed by atoms with van der Waals surface area (Å²) in [6.07, 6.45) is 3.70. The summed E-state index contributed by atoms with van der Waals surface area (Å²) in [6, 6.07) is 2.44. The second-order valence-electron chi connectivity index (χ2n) is 4.29. The average molecular weight is 238 g/mol. The Balaban J connectivity index is 1.81. The lowest BCUT2D eigenvalue weighted by atomic mass is 10.1. The summed E-state index contributed by atoms with van der Waals surface area (Å²) in [7, 11) is 0. The molecule has 1 saturated heterocycles. The number of rotatable bonds is 3. The largest absolute Gasteiger partial charge is 0.350 e. The van der Waals surface area contributed by atoms with Crippen LogP contribution in [0.1, 0.15) is 34.5 Å². The molecule has 1 aromatic rings. The lowest BCUT2D eigenvalue weighted by Gasteiger charge is -2.23. The Hall–Kier alpha value is -0.870. The van der Waals surface area contributed by atoms with Gasteiger partial charge in [-0.05, 0) is 43.3 Å². The van der Waals surface area contributed by atoms with Crippen LogP contribution in [0.5, 0.6) is 0 Å². The molecule has 2 rings (SSSR count). The molecule has 0 spiro atoms. The highest BCUT2D eigenvalue weighted by molar-refractivity contribution is 7.12. The van der Waals surface area contributed by atoms with E-state index < -0.39 is 0 Å². The first-order chi connectivity index (χ1) is 7.77. The number of hydrogen-bond donors (Lipinski definition) is 2. The SMILES string of the molecule is Cc1ccsc1C(=O)NCC1CCCCN1. The van der Waals surface area contributed by atoms with Crippen LogP contribution in [-0.2, 0) is 0 Å². The van der Waals surface area contributed by atoms with Crippen molar-refractivity contribution in [2.24, 2.45) is 0 Å². The van der Waals surface area contributed by atoms with Gasteiger partial charge in [0.2, 0.25) is 0 Å². The molecule has 1 atom stereocenters. The third-order valence-electron chi connectivity index (χ3n) is 2.99. The molecule has 1 unspecified atom stereocenters. The van der Waals surface area contributed by atoms with Crippen molar-refractivity contribution in [3.8, 4) is 0 Å². The smallest absolute Gasteiger partial charge is 0.261 e. The number of hydrogen-bond acceptors (Lipinski definition) is 3. The van der Waals surface area contributed by atoms with Gasteiger partial charge in [-0.15, -0.1) is 11.3 Å². The van der Waals surface area contributed by atoms with Crippen LogP contribution in [0.25, 0.3) is 0 Å². The molecular weight excluding hydrogens is 220 g/mol. The molecule has 1 aliphatic heterocycles. The highest BCUT2D eigenvalue weighted by Gasteiger charge is 2.15. The molecule has 2 N–H and O–H groups in total. The highest BCUT2D eigenvalue weighted by Crippen LogP contribution is 2.15. The number of piperidine rings is 1. The topological polar surface area (TPSA) is 41.1 Å². The van der Waals surface area contributed by atoms with Crippen LogP contribution in [0.3, 0.4) is 0 Å². The van der Waals surface area contributed by atoms with Gasteiger partial charge in [-0.25, -0.2) is 0 Å². The van der Waals surface area contributed by atoms with E-state index in [-0.39, 0.29) is 5.91 Å². The van der Waals surface area contributed by atoms with Crippen LogP contribution in [0.2, 0.25) is 0 Å². The standard InChI is InChI=1S/C12H18N2OS/c1-9-5-7-16-11(9)12(15)14-8-10-4-2-3-6-13-10/h5,7,10,13H,2-4,6,8H2,1H3,(H,14,15). The molecule has 0 aromatic carbocycles. The first kappa shape index (κ1) is 11.6. The van der Waals surface area contributed by atoms with E-state index in [0.717, 1.165) is 23.5 Å². The van der Waals surface area contributed by atoms with E-state index in [1.165, 1.54) is 30.6 Å². The van der Waals surface area contributed by atoms with E-state index in [9.17, 15) is 4.79 Å². The Morgan fingerprint density at radius 2 is 2.50 bits per heavy atom. The van der Waals surface area contributed by atoms with E-state index in [4.69, 9.17) is 0 Å². The van der Waals surface area contributed by atoms with Crippen LogP contribution in [0.15, 0.2) is 11.4 Å². The maximum absolute atomic E-state index is 11.8. The normalized spacial score (nSPS) is 20.7. The number of nitrogens with one attached hydrogen (secondary N) is 2. The van der Waals surface area contributed by atoms with Gasteiger partial charge in [0.1, 0.15) is 0 Å². The Kier molecular flexibility index (Phi) is 3.96. The van der Waals surface area contributed by atoms with Gasteiger partial charge >= 0.3 is 0 Å². The molecule has 16 heavy (non-hydrogen) atoms. The zero-order valence-corrected chi connectivity index (χ0v) is 10.4. The lowest BCUT2D eigenvalue weighted by Crippen LogP contribution is -2.43. The van der Waals surface area contributed by atoms with Gasteiger partial charge in [0.25, 0.3) is 5.91 Å². The lowest BCUT2D eigenvalue weighted by molar-refractivity contribution is 0.0951. The van der Waals surface area contributed by atoms with Crippen LogP contribution in [-0.4, -0.2) is 25.0 Å². The van der Waals surface area contributed by atoms with Gasteiger partial charge in [0.05, 0.1) is 4.88 Å². The van der Waals surface area contributed by atoms with Crippen LogP contribution < -0.4 is 10.6 Å². The van der Waals surface area contributed by atoms with Crippen molar-refractivity contribution in [1.29, 1.82) is 0 Å². The van der Waals surface area contributed by atoms with Crippen molar-refractivity contribution in [3.05, 3.63) is 21.9 Å². The Bertz CT molecular complexity index is 356. The van der Waals surface area contributed by atoms with E-state index in [1.54, 1.807) is 0 Å². The van der Waals surface area contributed by atoms with E-state index in [0.29, 0.717) is 6.04 Å². The van der Waals surface area contributed by atoms with E-state index in [1.807, 2.05) is 18.4 Å². The van der Waals surface area contributed by atoms with Gasteiger partial charge in [-0.2, -0.15) is 0 Å². The fourth-order valence-corrected chi connectivity index (χ4v) is 2.84. The maximum atomic E-state index is 11.8. The van der Waals surface area contributed by atoms with Crippen molar-refractivity contribution in [2.75, 3.05) is 13.1 Å². The Labute approximate surface area is 100 Å². The molecule has 0 saturated carbocycles. The fraction of sp³-hybridized carbons (Fsp3) is 0.583. The molecule has 1 fully saturated rings. The number of amides is 1. The summed E-state index contributed by atoms with van der Waals surface area (Å²) < 4.78 is 0. The minimum absolute atomic E-state index is 0.0693. The first-order valence-electron chi connectivity index (χ1n) is 5.83. The third-order valence-corrected chi connectivity index (χ3v) is 4.00. The molecule has 1 aromatic heterocycles. The predicted molar refractivity (Wildman–Crippen MR) is 67.0 cm³/mol. The molecule has 3 nitrogen and oxygen atoms in total. The van der Waals surface area contributed by atoms with Gasteiger partial charge in [0.15, 0.2) is 0 Å². The van der Waals surface area contributed by atoms with Crippen LogP contribution in [0, 0.1) is 6.92 Å². The molecule has 0 aliphatic carbocycles. The van der Waals surface area contributed by atoms with Gasteiger partial charge in [0, 0.05) is 12.6 Å². The molecule has 1 amide bonds. The zero-order valence-electron chi connectivity index (χ0n) is 9.58. The Morgan fingerprint density at radius 1 is 1.62 bits per heavy atom. The highest BCUT2D eigenvalue weighted by atomic mass is 32.1. The number of thiophene rings is 1. The summed E-state index contributed by atoms with van der Waals surface area (Å²) in [5.41, 5.74) is 1.07. The molecule has 0 radical (unpaired) electrons. The van der Waals surface area contributed by atoms with E-state index >= 15 is 0 Å². The van der Waals surface area contributed by atoms with Gasteiger partial charge in [-0.1, -0.05) is 6.42 Å². The van der Waals surface area contributed by atoms with Crippen LogP contribution >= 0.6 is 11.3 Å². The zero-order chi connectivity index (χ0) is 11.4. The summed E-state index contributed by atoms with van der Waals surface area (Å²) in [6.45, 7) is 3.80. The predicted octanol–water partition coefficient (Wildman–Crippen LogP) is 1.93. The summed E-state index contributed by atoms with van der Waals surface area (Å²) in [5.74, 6) is 0.0693. The minimum Gasteiger partial charge on any atom is -0.350 e. The molecule has 4 heteroatoms. The third kappa shape index (κ3) is 2.83. The second-order valence-corrected chi connectivity index (χ2v) is 5.21. The number of carbonyl (C=O) groups is 1. The summed E-state index contributed by atoms with van der Waals surface area (Å²) in [5, 5.41) is 8.39. The Morgan fingerprint density at radius 3 is 3.12 bits per heavy atom. The van der Waals surface area contributed by atoms with Crippen molar-refractivity contribution in [3.63, 3.8) is 0 Å². The fourth-order valence-electron chi connectivity index (χ4n) is 2.00. The number of carbonyl (C=O) groups excluding carboxylic acids is 1. The quantitative estimate of drug-likeness (QED) is 0.845. The minimum atomic E-state index is 0.0693. The monoisotopic (exact) mass is 238 g/mol. The molecule has 0 bridgehead atoms. The van der Waals surface area contributed by atoms with Gasteiger partial charge < -0.3 is 10.6 Å². The van der Waals surface area contributed by atoms with Crippen molar-refractivity contribution in [2.45, 2.75) is 32.2 Å². The molecule has 1 aliphatic rings. The van der Waals surface area contributed by atoms with E-state index in [2.05, 4.69) is 10.6 Å². The maximum Gasteiger partial charge on any atom is 0.261 e. The summed E-state index contributed by atoms with van der Waals surface area (Å²) >= 11 is 1.51. The average Bonchev–Trinajstić information content (AvgIpc) is 2.74. The molecule has 88 valence electrons. The summed E-state index contributed by atoms with van der Waals surface area (Å²) in [4.78, 5) is 12.7. The number of aryl methyl sites for hydroxylation is 1. The molecule has 2 heterocycles. The van der Waals surface area contributed by atoms with Crippen molar-refractivity contribution in [1.82, 2.24) is 10.6 Å². The first-order valence-corrected chi connectivity index (χ1v) is 6.71. The van der Waals surface area contributed by atoms with Crippen molar-refractivity contribution >= 4 is 17.2 Å². The van der Waals surface area contributed by atoms with Gasteiger partial charge in [-0.3, -0.25) is 4.79 Å². The van der Waals surface area contributed by atoms with Crippen molar-refractivity contribution < 1.29 is 4.79 Å².